The standard InChI is InChI=1S/C12H17N5O3/c1-8-5-11(14-6-10(8)17(19)20)15-9-3-2-4-16(7-9)12(13)18/h5-6,9H,2-4,7H2,1H3,(H2,13,18)(H,14,15)/t9-/m1/s1. The summed E-state index contributed by atoms with van der Waals surface area (Å²) in [7, 11) is 0. The van der Waals surface area contributed by atoms with Crippen LogP contribution in [0.1, 0.15) is 18.4 Å². The minimum Gasteiger partial charge on any atom is -0.366 e. The Morgan fingerprint density at radius 3 is 3.00 bits per heavy atom. The number of carbonyl (C=O) groups excluding carboxylic acids is 1. The molecular formula is C12H17N5O3. The van der Waals surface area contributed by atoms with E-state index in [0.717, 1.165) is 12.8 Å². The Kier molecular flexibility index (Phi) is 4.02. The van der Waals surface area contributed by atoms with Crippen LogP contribution in [0.25, 0.3) is 0 Å². The maximum absolute atomic E-state index is 11.2. The van der Waals surface area contributed by atoms with E-state index in [0.29, 0.717) is 24.5 Å². The van der Waals surface area contributed by atoms with Crippen LogP contribution in [0.2, 0.25) is 0 Å². The van der Waals surface area contributed by atoms with Crippen LogP contribution >= 0.6 is 0 Å². The molecule has 0 saturated carbocycles. The minimum absolute atomic E-state index is 0.00189. The van der Waals surface area contributed by atoms with Crippen LogP contribution in [-0.4, -0.2) is 40.0 Å². The number of nitro groups is 1. The van der Waals surface area contributed by atoms with Crippen LogP contribution in [0, 0.1) is 17.0 Å². The zero-order chi connectivity index (χ0) is 14.7. The highest BCUT2D eigenvalue weighted by Crippen LogP contribution is 2.21. The number of carbonyl (C=O) groups is 1. The Hall–Kier alpha value is -2.38. The zero-order valence-corrected chi connectivity index (χ0v) is 11.2. The van der Waals surface area contributed by atoms with Crippen molar-refractivity contribution in [2.75, 3.05) is 18.4 Å². The highest BCUT2D eigenvalue weighted by molar-refractivity contribution is 5.72. The van der Waals surface area contributed by atoms with Gasteiger partial charge in [-0.05, 0) is 25.8 Å². The second kappa shape index (κ2) is 5.72. The van der Waals surface area contributed by atoms with E-state index in [1.165, 1.54) is 6.20 Å². The Labute approximate surface area is 116 Å². The van der Waals surface area contributed by atoms with E-state index in [4.69, 9.17) is 5.73 Å². The maximum Gasteiger partial charge on any atom is 0.314 e. The van der Waals surface area contributed by atoms with Crippen molar-refractivity contribution in [3.05, 3.63) is 27.9 Å². The van der Waals surface area contributed by atoms with Crippen molar-refractivity contribution in [2.45, 2.75) is 25.8 Å². The first-order chi connectivity index (χ1) is 9.47. The molecule has 108 valence electrons. The van der Waals surface area contributed by atoms with Gasteiger partial charge in [0.05, 0.1) is 4.92 Å². The van der Waals surface area contributed by atoms with E-state index in [9.17, 15) is 14.9 Å². The SMILES string of the molecule is Cc1cc(N[C@@H]2CCCN(C(N)=O)C2)ncc1[N+](=O)[O-]. The van der Waals surface area contributed by atoms with Gasteiger partial charge in [0.15, 0.2) is 0 Å². The molecule has 2 amide bonds. The highest BCUT2D eigenvalue weighted by Gasteiger charge is 2.22. The van der Waals surface area contributed by atoms with E-state index >= 15 is 0 Å². The maximum atomic E-state index is 11.2. The first-order valence-electron chi connectivity index (χ1n) is 6.39. The van der Waals surface area contributed by atoms with Crippen LogP contribution < -0.4 is 11.1 Å². The van der Waals surface area contributed by atoms with Crippen LogP contribution in [0.4, 0.5) is 16.3 Å². The Balaban J connectivity index is 2.04. The fraction of sp³-hybridized carbons (Fsp3) is 0.500. The molecule has 0 spiro atoms. The van der Waals surface area contributed by atoms with Gasteiger partial charge in [0.25, 0.3) is 5.69 Å². The van der Waals surface area contributed by atoms with E-state index in [1.807, 2.05) is 0 Å². The fourth-order valence-electron chi connectivity index (χ4n) is 2.32. The Bertz CT molecular complexity index is 534. The number of nitrogens with two attached hydrogens (primary N) is 1. The molecule has 2 heterocycles. The minimum atomic E-state index is -0.457. The summed E-state index contributed by atoms with van der Waals surface area (Å²) in [6, 6.07) is 1.27. The highest BCUT2D eigenvalue weighted by atomic mass is 16.6. The predicted molar refractivity (Wildman–Crippen MR) is 73.4 cm³/mol. The Morgan fingerprint density at radius 1 is 1.65 bits per heavy atom. The number of primary amides is 1. The van der Waals surface area contributed by atoms with Crippen molar-refractivity contribution in [1.29, 1.82) is 0 Å². The fourth-order valence-corrected chi connectivity index (χ4v) is 2.32. The molecule has 0 aromatic carbocycles. The molecule has 1 fully saturated rings. The molecule has 0 bridgehead atoms. The van der Waals surface area contributed by atoms with Gasteiger partial charge in [-0.1, -0.05) is 0 Å². The molecule has 20 heavy (non-hydrogen) atoms. The van der Waals surface area contributed by atoms with Gasteiger partial charge >= 0.3 is 6.03 Å². The van der Waals surface area contributed by atoms with Gasteiger partial charge in [-0.25, -0.2) is 9.78 Å². The number of piperidine rings is 1. The molecule has 1 atom stereocenters. The van der Waals surface area contributed by atoms with Gasteiger partial charge in [-0.15, -0.1) is 0 Å². The molecule has 1 aromatic heterocycles. The number of nitrogens with one attached hydrogen (secondary N) is 1. The summed E-state index contributed by atoms with van der Waals surface area (Å²) in [5, 5.41) is 13.9. The van der Waals surface area contributed by atoms with Crippen molar-refractivity contribution in [3.8, 4) is 0 Å². The number of hydrogen-bond acceptors (Lipinski definition) is 5. The topological polar surface area (TPSA) is 114 Å². The van der Waals surface area contributed by atoms with E-state index in [1.54, 1.807) is 17.9 Å². The molecule has 1 aliphatic heterocycles. The average molecular weight is 279 g/mol. The number of urea groups is 1. The number of rotatable bonds is 3. The third-order valence-electron chi connectivity index (χ3n) is 3.36. The van der Waals surface area contributed by atoms with Crippen LogP contribution in [0.5, 0.6) is 0 Å². The van der Waals surface area contributed by atoms with Gasteiger partial charge in [0.1, 0.15) is 12.0 Å². The molecule has 1 aromatic rings. The second-order valence-electron chi connectivity index (χ2n) is 4.88. The number of aryl methyl sites for hydroxylation is 1. The monoisotopic (exact) mass is 279 g/mol. The predicted octanol–water partition coefficient (Wildman–Crippen LogP) is 1.25. The normalized spacial score (nSPS) is 18.6. The number of hydrogen-bond donors (Lipinski definition) is 2. The lowest BCUT2D eigenvalue weighted by atomic mass is 10.1. The molecule has 1 saturated heterocycles. The lowest BCUT2D eigenvalue weighted by Crippen LogP contribution is -2.47. The third kappa shape index (κ3) is 3.14. The molecular weight excluding hydrogens is 262 g/mol. The number of nitrogens with zero attached hydrogens (tertiary/aromatic N) is 3. The number of anilines is 1. The summed E-state index contributed by atoms with van der Waals surface area (Å²) in [5.74, 6) is 0.574. The van der Waals surface area contributed by atoms with Gasteiger partial charge in [0.2, 0.25) is 0 Å². The largest absolute Gasteiger partial charge is 0.366 e. The molecule has 8 nitrogen and oxygen atoms in total. The quantitative estimate of drug-likeness (QED) is 0.638. The van der Waals surface area contributed by atoms with Crippen LogP contribution in [0.15, 0.2) is 12.3 Å². The molecule has 2 rings (SSSR count). The lowest BCUT2D eigenvalue weighted by molar-refractivity contribution is -0.385. The van der Waals surface area contributed by atoms with Crippen molar-refractivity contribution in [1.82, 2.24) is 9.88 Å². The summed E-state index contributed by atoms with van der Waals surface area (Å²) >= 11 is 0. The van der Waals surface area contributed by atoms with Crippen molar-refractivity contribution in [2.24, 2.45) is 5.73 Å². The third-order valence-corrected chi connectivity index (χ3v) is 3.36. The van der Waals surface area contributed by atoms with E-state index < -0.39 is 11.0 Å². The smallest absolute Gasteiger partial charge is 0.314 e. The summed E-state index contributed by atoms with van der Waals surface area (Å²) in [4.78, 5) is 27.0. The molecule has 3 N–H and O–H groups in total. The van der Waals surface area contributed by atoms with Crippen molar-refractivity contribution in [3.63, 3.8) is 0 Å². The van der Waals surface area contributed by atoms with Crippen molar-refractivity contribution >= 4 is 17.5 Å². The second-order valence-corrected chi connectivity index (χ2v) is 4.88. The lowest BCUT2D eigenvalue weighted by Gasteiger charge is -2.32. The summed E-state index contributed by atoms with van der Waals surface area (Å²) in [6.45, 7) is 2.86. The van der Waals surface area contributed by atoms with E-state index in [-0.39, 0.29) is 11.7 Å². The van der Waals surface area contributed by atoms with Gasteiger partial charge in [-0.3, -0.25) is 10.1 Å². The first kappa shape index (κ1) is 14.0. The molecule has 1 aliphatic rings. The van der Waals surface area contributed by atoms with Crippen LogP contribution in [-0.2, 0) is 0 Å². The van der Waals surface area contributed by atoms with Gasteiger partial charge in [-0.2, -0.15) is 0 Å². The summed E-state index contributed by atoms with van der Waals surface area (Å²) in [6.07, 6.45) is 3.01. The average Bonchev–Trinajstić information content (AvgIpc) is 2.38. The number of pyridine rings is 1. The molecule has 0 aliphatic carbocycles. The summed E-state index contributed by atoms with van der Waals surface area (Å²) in [5.41, 5.74) is 5.82. The zero-order valence-electron chi connectivity index (χ0n) is 11.2. The number of amides is 2. The molecule has 0 unspecified atom stereocenters. The van der Waals surface area contributed by atoms with Gasteiger partial charge < -0.3 is 16.0 Å². The summed E-state index contributed by atoms with van der Waals surface area (Å²) < 4.78 is 0. The van der Waals surface area contributed by atoms with E-state index in [2.05, 4.69) is 10.3 Å². The Morgan fingerprint density at radius 2 is 2.40 bits per heavy atom. The van der Waals surface area contributed by atoms with Gasteiger partial charge in [0, 0.05) is 24.7 Å². The number of likely N-dealkylation sites (tertiary alicyclic amines) is 1. The van der Waals surface area contributed by atoms with Crippen molar-refractivity contribution < 1.29 is 9.72 Å². The number of aromatic nitrogens is 1. The molecule has 0 radical (unpaired) electrons. The molecule has 8 heteroatoms. The first-order valence-corrected chi connectivity index (χ1v) is 6.39. The van der Waals surface area contributed by atoms with Crippen LogP contribution in [0.3, 0.4) is 0 Å².